The van der Waals surface area contributed by atoms with E-state index in [4.69, 9.17) is 4.42 Å². The molecular formula is C23H18O3. The van der Waals surface area contributed by atoms with Gasteiger partial charge in [-0.15, -0.1) is 0 Å². The number of aliphatic carboxylic acids is 1. The van der Waals surface area contributed by atoms with Crippen LogP contribution in [0.4, 0.5) is 0 Å². The van der Waals surface area contributed by atoms with Gasteiger partial charge in [-0.05, 0) is 22.8 Å². The van der Waals surface area contributed by atoms with Gasteiger partial charge in [0.2, 0.25) is 0 Å². The molecule has 0 radical (unpaired) electrons. The Bertz CT molecular complexity index is 1040. The van der Waals surface area contributed by atoms with E-state index in [2.05, 4.69) is 36.4 Å². The number of hydrogen-bond donors (Lipinski definition) is 1. The fourth-order valence-electron chi connectivity index (χ4n) is 3.27. The molecule has 0 unspecified atom stereocenters. The van der Waals surface area contributed by atoms with Gasteiger partial charge in [0, 0.05) is 17.4 Å². The van der Waals surface area contributed by atoms with E-state index in [-0.39, 0.29) is 6.42 Å². The van der Waals surface area contributed by atoms with E-state index in [1.807, 2.05) is 42.5 Å². The normalized spacial score (nSPS) is 10.9. The third-order valence-electron chi connectivity index (χ3n) is 4.54. The number of carboxylic acid groups (broad SMARTS) is 1. The fourth-order valence-corrected chi connectivity index (χ4v) is 3.27. The molecule has 0 aliphatic carbocycles. The first kappa shape index (κ1) is 16.2. The van der Waals surface area contributed by atoms with Crippen LogP contribution in [0.25, 0.3) is 22.1 Å². The van der Waals surface area contributed by atoms with Gasteiger partial charge in [-0.1, -0.05) is 72.8 Å². The quantitative estimate of drug-likeness (QED) is 0.534. The Balaban J connectivity index is 1.66. The Hall–Kier alpha value is -3.33. The maximum Gasteiger partial charge on any atom is 0.307 e. The maximum absolute atomic E-state index is 11.3. The van der Waals surface area contributed by atoms with Crippen LogP contribution in [-0.2, 0) is 17.6 Å². The summed E-state index contributed by atoms with van der Waals surface area (Å²) in [6.45, 7) is 0. The Morgan fingerprint density at radius 1 is 0.808 bits per heavy atom. The van der Waals surface area contributed by atoms with Gasteiger partial charge in [0.05, 0.1) is 6.42 Å². The number of rotatable bonds is 5. The Morgan fingerprint density at radius 2 is 1.46 bits per heavy atom. The summed E-state index contributed by atoms with van der Waals surface area (Å²) in [6.07, 6.45) is 0.542. The van der Waals surface area contributed by atoms with Crippen LogP contribution in [0.1, 0.15) is 16.9 Å². The number of benzene rings is 3. The standard InChI is InChI=1S/C23H18O3/c24-23(25)15-20-19-8-4-5-9-21(19)26-22(20)14-16-10-12-18(13-11-16)17-6-2-1-3-7-17/h1-13H,14-15H2,(H,24,25). The summed E-state index contributed by atoms with van der Waals surface area (Å²) in [5, 5.41) is 10.1. The SMILES string of the molecule is O=C(O)Cc1c(Cc2ccc(-c3ccccc3)cc2)oc2ccccc12. The molecule has 128 valence electrons. The van der Waals surface area contributed by atoms with Crippen LogP contribution in [0.15, 0.2) is 83.3 Å². The van der Waals surface area contributed by atoms with Crippen molar-refractivity contribution < 1.29 is 14.3 Å². The highest BCUT2D eigenvalue weighted by Gasteiger charge is 2.16. The summed E-state index contributed by atoms with van der Waals surface area (Å²) < 4.78 is 5.96. The molecule has 4 aromatic rings. The smallest absolute Gasteiger partial charge is 0.307 e. The highest BCUT2D eigenvalue weighted by molar-refractivity contribution is 5.86. The molecule has 0 fully saturated rings. The summed E-state index contributed by atoms with van der Waals surface area (Å²) >= 11 is 0. The molecule has 26 heavy (non-hydrogen) atoms. The second-order valence-electron chi connectivity index (χ2n) is 6.31. The number of carboxylic acids is 1. The molecule has 1 N–H and O–H groups in total. The van der Waals surface area contributed by atoms with Crippen LogP contribution in [0.2, 0.25) is 0 Å². The van der Waals surface area contributed by atoms with Gasteiger partial charge < -0.3 is 9.52 Å². The molecule has 3 heteroatoms. The van der Waals surface area contributed by atoms with Gasteiger partial charge >= 0.3 is 5.97 Å². The van der Waals surface area contributed by atoms with Gasteiger partial charge in [0.25, 0.3) is 0 Å². The van der Waals surface area contributed by atoms with E-state index in [9.17, 15) is 9.90 Å². The number of fused-ring (bicyclic) bond motifs is 1. The van der Waals surface area contributed by atoms with E-state index in [0.717, 1.165) is 33.4 Å². The number of carbonyl (C=O) groups is 1. The summed E-state index contributed by atoms with van der Waals surface area (Å²) in [4.78, 5) is 11.3. The third-order valence-corrected chi connectivity index (χ3v) is 4.54. The number of hydrogen-bond acceptors (Lipinski definition) is 2. The van der Waals surface area contributed by atoms with Crippen molar-refractivity contribution in [2.45, 2.75) is 12.8 Å². The van der Waals surface area contributed by atoms with Crippen molar-refractivity contribution >= 4 is 16.9 Å². The molecule has 0 saturated heterocycles. The van der Waals surface area contributed by atoms with Gasteiger partial charge in [-0.3, -0.25) is 4.79 Å². The minimum atomic E-state index is -0.850. The predicted molar refractivity (Wildman–Crippen MR) is 102 cm³/mol. The van der Waals surface area contributed by atoms with Crippen LogP contribution >= 0.6 is 0 Å². The van der Waals surface area contributed by atoms with Crippen LogP contribution in [0, 0.1) is 0 Å². The minimum Gasteiger partial charge on any atom is -0.481 e. The van der Waals surface area contributed by atoms with Crippen LogP contribution in [0.3, 0.4) is 0 Å². The Labute approximate surface area is 151 Å². The highest BCUT2D eigenvalue weighted by Crippen LogP contribution is 2.29. The molecule has 0 atom stereocenters. The summed E-state index contributed by atoms with van der Waals surface area (Å²) in [5.41, 5.74) is 4.93. The van der Waals surface area contributed by atoms with Crippen molar-refractivity contribution in [2.75, 3.05) is 0 Å². The Morgan fingerprint density at radius 3 is 2.19 bits per heavy atom. The zero-order valence-corrected chi connectivity index (χ0v) is 14.2. The number of para-hydroxylation sites is 1. The predicted octanol–water partition coefficient (Wildman–Crippen LogP) is 5.32. The van der Waals surface area contributed by atoms with Crippen molar-refractivity contribution in [2.24, 2.45) is 0 Å². The van der Waals surface area contributed by atoms with Crippen LogP contribution in [0.5, 0.6) is 0 Å². The molecule has 1 aromatic heterocycles. The molecule has 0 amide bonds. The van der Waals surface area contributed by atoms with E-state index in [1.54, 1.807) is 0 Å². The van der Waals surface area contributed by atoms with Crippen molar-refractivity contribution in [3.63, 3.8) is 0 Å². The average Bonchev–Trinajstić information content (AvgIpc) is 3.00. The summed E-state index contributed by atoms with van der Waals surface area (Å²) in [6, 6.07) is 26.1. The lowest BCUT2D eigenvalue weighted by Gasteiger charge is -2.05. The van der Waals surface area contributed by atoms with Gasteiger partial charge in [0.1, 0.15) is 11.3 Å². The van der Waals surface area contributed by atoms with E-state index in [0.29, 0.717) is 6.42 Å². The highest BCUT2D eigenvalue weighted by atomic mass is 16.4. The van der Waals surface area contributed by atoms with Crippen molar-refractivity contribution in [1.29, 1.82) is 0 Å². The zero-order chi connectivity index (χ0) is 17.9. The Kier molecular flexibility index (Phi) is 4.28. The van der Waals surface area contributed by atoms with Crippen molar-refractivity contribution in [1.82, 2.24) is 0 Å². The average molecular weight is 342 g/mol. The molecule has 3 nitrogen and oxygen atoms in total. The third kappa shape index (κ3) is 3.24. The molecule has 0 aliphatic heterocycles. The largest absolute Gasteiger partial charge is 0.481 e. The molecule has 0 bridgehead atoms. The van der Waals surface area contributed by atoms with Gasteiger partial charge in [-0.25, -0.2) is 0 Å². The molecular weight excluding hydrogens is 324 g/mol. The molecule has 3 aromatic carbocycles. The van der Waals surface area contributed by atoms with Gasteiger partial charge in [-0.2, -0.15) is 0 Å². The second kappa shape index (κ2) is 6.89. The van der Waals surface area contributed by atoms with Crippen molar-refractivity contribution in [3.8, 4) is 11.1 Å². The first-order valence-corrected chi connectivity index (χ1v) is 8.56. The lowest BCUT2D eigenvalue weighted by atomic mass is 10.00. The molecule has 1 heterocycles. The van der Waals surface area contributed by atoms with Crippen LogP contribution in [-0.4, -0.2) is 11.1 Å². The molecule has 0 aliphatic rings. The monoisotopic (exact) mass is 342 g/mol. The first-order valence-electron chi connectivity index (χ1n) is 8.56. The van der Waals surface area contributed by atoms with E-state index >= 15 is 0 Å². The lowest BCUT2D eigenvalue weighted by Crippen LogP contribution is -2.02. The van der Waals surface area contributed by atoms with Crippen molar-refractivity contribution in [3.05, 3.63) is 95.7 Å². The topological polar surface area (TPSA) is 50.4 Å². The van der Waals surface area contributed by atoms with Crippen LogP contribution < -0.4 is 0 Å². The molecule has 0 saturated carbocycles. The zero-order valence-electron chi connectivity index (χ0n) is 14.2. The minimum absolute atomic E-state index is 0.0333. The van der Waals surface area contributed by atoms with E-state index < -0.39 is 5.97 Å². The first-order chi connectivity index (χ1) is 12.7. The van der Waals surface area contributed by atoms with E-state index in [1.165, 1.54) is 5.56 Å². The summed E-state index contributed by atoms with van der Waals surface area (Å²) in [5.74, 6) is -0.127. The maximum atomic E-state index is 11.3. The summed E-state index contributed by atoms with van der Waals surface area (Å²) in [7, 11) is 0. The fraction of sp³-hybridized carbons (Fsp3) is 0.0870. The second-order valence-corrected chi connectivity index (χ2v) is 6.31. The number of furan rings is 1. The molecule has 4 rings (SSSR count). The molecule has 0 spiro atoms. The van der Waals surface area contributed by atoms with Gasteiger partial charge in [0.15, 0.2) is 0 Å². The lowest BCUT2D eigenvalue weighted by molar-refractivity contribution is -0.136.